The molecule has 1 atom stereocenters. The number of rotatable bonds is 5. The van der Waals surface area contributed by atoms with Crippen LogP contribution in [-0.2, 0) is 14.8 Å². The molecular formula is C18H27N3O3S. The second kappa shape index (κ2) is 7.85. The Balaban J connectivity index is 1.44. The van der Waals surface area contributed by atoms with Crippen LogP contribution in [0.2, 0.25) is 0 Å². The first-order valence-corrected chi connectivity index (χ1v) is 10.8. The topological polar surface area (TPSA) is 69.7 Å². The van der Waals surface area contributed by atoms with Crippen molar-refractivity contribution < 1.29 is 13.2 Å². The monoisotopic (exact) mass is 365 g/mol. The van der Waals surface area contributed by atoms with E-state index in [2.05, 4.69) is 33.9 Å². The van der Waals surface area contributed by atoms with Gasteiger partial charge in [0.05, 0.1) is 12.8 Å². The van der Waals surface area contributed by atoms with Crippen molar-refractivity contribution in [3.8, 4) is 0 Å². The molecule has 0 aliphatic carbocycles. The molecule has 138 valence electrons. The van der Waals surface area contributed by atoms with Crippen LogP contribution in [0, 0.1) is 0 Å². The molecule has 2 heterocycles. The van der Waals surface area contributed by atoms with Gasteiger partial charge in [0, 0.05) is 25.7 Å². The van der Waals surface area contributed by atoms with Gasteiger partial charge in [-0.25, -0.2) is 13.1 Å². The standard InChI is InChI=1S/C18H27N3O3S/c1-25(23,24)19-17-8-11-21(12-9-17)18(22)14-20-10-7-16(13-20)15-5-3-2-4-6-15/h2-6,16-17,19H,7-14H2,1H3/t16-/m1/s1. The van der Waals surface area contributed by atoms with Gasteiger partial charge in [-0.05, 0) is 37.3 Å². The predicted octanol–water partition coefficient (Wildman–Crippen LogP) is 1.02. The summed E-state index contributed by atoms with van der Waals surface area (Å²) < 4.78 is 25.2. The van der Waals surface area contributed by atoms with Crippen molar-refractivity contribution in [2.24, 2.45) is 0 Å². The van der Waals surface area contributed by atoms with E-state index in [1.807, 2.05) is 11.0 Å². The Morgan fingerprint density at radius 3 is 2.44 bits per heavy atom. The Morgan fingerprint density at radius 1 is 1.12 bits per heavy atom. The van der Waals surface area contributed by atoms with Gasteiger partial charge in [0.25, 0.3) is 0 Å². The zero-order chi connectivity index (χ0) is 17.9. The molecule has 0 radical (unpaired) electrons. The lowest BCUT2D eigenvalue weighted by Crippen LogP contribution is -2.48. The average molecular weight is 365 g/mol. The highest BCUT2D eigenvalue weighted by atomic mass is 32.2. The van der Waals surface area contributed by atoms with Crippen LogP contribution in [0.3, 0.4) is 0 Å². The molecule has 7 heteroatoms. The lowest BCUT2D eigenvalue weighted by Gasteiger charge is -2.33. The van der Waals surface area contributed by atoms with Crippen LogP contribution in [0.4, 0.5) is 0 Å². The van der Waals surface area contributed by atoms with E-state index in [0.29, 0.717) is 38.4 Å². The first-order chi connectivity index (χ1) is 11.9. The van der Waals surface area contributed by atoms with Gasteiger partial charge in [0.2, 0.25) is 15.9 Å². The third kappa shape index (κ3) is 5.26. The minimum Gasteiger partial charge on any atom is -0.341 e. The SMILES string of the molecule is CS(=O)(=O)NC1CCN(C(=O)CN2CC[C@@H](c3ccccc3)C2)CC1. The minimum absolute atomic E-state index is 0.0479. The van der Waals surface area contributed by atoms with Gasteiger partial charge < -0.3 is 4.90 Å². The summed E-state index contributed by atoms with van der Waals surface area (Å²) in [5, 5.41) is 0. The number of carbonyl (C=O) groups is 1. The van der Waals surface area contributed by atoms with Crippen molar-refractivity contribution in [1.29, 1.82) is 0 Å². The lowest BCUT2D eigenvalue weighted by atomic mass is 9.99. The molecule has 2 fully saturated rings. The predicted molar refractivity (Wildman–Crippen MR) is 97.8 cm³/mol. The zero-order valence-electron chi connectivity index (χ0n) is 14.7. The summed E-state index contributed by atoms with van der Waals surface area (Å²) in [6.45, 7) is 3.61. The van der Waals surface area contributed by atoms with Gasteiger partial charge in [0.15, 0.2) is 0 Å². The van der Waals surface area contributed by atoms with Gasteiger partial charge >= 0.3 is 0 Å². The normalized spacial score (nSPS) is 23.1. The maximum atomic E-state index is 12.5. The number of benzene rings is 1. The minimum atomic E-state index is -3.17. The maximum Gasteiger partial charge on any atom is 0.236 e. The number of hydrogen-bond acceptors (Lipinski definition) is 4. The van der Waals surface area contributed by atoms with Crippen LogP contribution in [0.5, 0.6) is 0 Å². The molecule has 25 heavy (non-hydrogen) atoms. The summed E-state index contributed by atoms with van der Waals surface area (Å²) in [6.07, 6.45) is 3.65. The lowest BCUT2D eigenvalue weighted by molar-refractivity contribution is -0.133. The Kier molecular flexibility index (Phi) is 5.76. The van der Waals surface area contributed by atoms with E-state index in [9.17, 15) is 13.2 Å². The van der Waals surface area contributed by atoms with E-state index >= 15 is 0 Å². The molecule has 1 amide bonds. The molecule has 0 spiro atoms. The zero-order valence-corrected chi connectivity index (χ0v) is 15.5. The van der Waals surface area contributed by atoms with Crippen LogP contribution >= 0.6 is 0 Å². The number of carbonyl (C=O) groups excluding carboxylic acids is 1. The fraction of sp³-hybridized carbons (Fsp3) is 0.611. The van der Waals surface area contributed by atoms with E-state index < -0.39 is 10.0 Å². The second-order valence-corrected chi connectivity index (χ2v) is 8.96. The number of hydrogen-bond donors (Lipinski definition) is 1. The summed E-state index contributed by atoms with van der Waals surface area (Å²) in [5.74, 6) is 0.671. The van der Waals surface area contributed by atoms with E-state index in [1.54, 1.807) is 0 Å². The van der Waals surface area contributed by atoms with Crippen LogP contribution in [0.25, 0.3) is 0 Å². The van der Waals surface area contributed by atoms with Gasteiger partial charge in [-0.2, -0.15) is 0 Å². The van der Waals surface area contributed by atoms with E-state index in [0.717, 1.165) is 19.5 Å². The number of nitrogens with zero attached hydrogens (tertiary/aromatic N) is 2. The first kappa shape index (κ1) is 18.4. The maximum absolute atomic E-state index is 12.5. The Morgan fingerprint density at radius 2 is 1.80 bits per heavy atom. The number of amides is 1. The fourth-order valence-corrected chi connectivity index (χ4v) is 4.66. The van der Waals surface area contributed by atoms with Gasteiger partial charge in [-0.1, -0.05) is 30.3 Å². The van der Waals surface area contributed by atoms with Crippen LogP contribution in [0.15, 0.2) is 30.3 Å². The highest BCUT2D eigenvalue weighted by Gasteiger charge is 2.29. The second-order valence-electron chi connectivity index (χ2n) is 7.18. The first-order valence-electron chi connectivity index (χ1n) is 8.93. The molecule has 1 aromatic rings. The van der Waals surface area contributed by atoms with Crippen LogP contribution in [0.1, 0.15) is 30.7 Å². The van der Waals surface area contributed by atoms with E-state index in [1.165, 1.54) is 11.8 Å². The molecule has 0 unspecified atom stereocenters. The number of piperidine rings is 1. The molecule has 6 nitrogen and oxygen atoms in total. The van der Waals surface area contributed by atoms with Crippen LogP contribution in [-0.4, -0.2) is 69.1 Å². The van der Waals surface area contributed by atoms with Crippen LogP contribution < -0.4 is 4.72 Å². The summed E-state index contributed by atoms with van der Waals surface area (Å²) in [7, 11) is -3.17. The molecule has 2 saturated heterocycles. The smallest absolute Gasteiger partial charge is 0.236 e. The van der Waals surface area contributed by atoms with Gasteiger partial charge in [0.1, 0.15) is 0 Å². The van der Waals surface area contributed by atoms with Crippen molar-refractivity contribution in [3.05, 3.63) is 35.9 Å². The van der Waals surface area contributed by atoms with Gasteiger partial charge in [-0.15, -0.1) is 0 Å². The molecule has 2 aliphatic rings. The number of nitrogens with one attached hydrogen (secondary N) is 1. The average Bonchev–Trinajstić information content (AvgIpc) is 3.03. The van der Waals surface area contributed by atoms with Crippen molar-refractivity contribution in [3.63, 3.8) is 0 Å². The van der Waals surface area contributed by atoms with Gasteiger partial charge in [-0.3, -0.25) is 9.69 Å². The van der Waals surface area contributed by atoms with Crippen molar-refractivity contribution in [2.75, 3.05) is 39.0 Å². The molecule has 1 aromatic carbocycles. The summed E-state index contributed by atoms with van der Waals surface area (Å²) >= 11 is 0. The van der Waals surface area contributed by atoms with Crippen molar-refractivity contribution in [2.45, 2.75) is 31.2 Å². The molecule has 0 bridgehead atoms. The summed E-state index contributed by atoms with van der Waals surface area (Å²) in [6, 6.07) is 10.4. The summed E-state index contributed by atoms with van der Waals surface area (Å²) in [5.41, 5.74) is 1.35. The van der Waals surface area contributed by atoms with E-state index in [-0.39, 0.29) is 11.9 Å². The van der Waals surface area contributed by atoms with Crippen molar-refractivity contribution in [1.82, 2.24) is 14.5 Å². The molecule has 0 aromatic heterocycles. The number of sulfonamides is 1. The summed E-state index contributed by atoms with van der Waals surface area (Å²) in [4.78, 5) is 16.6. The molecule has 0 saturated carbocycles. The largest absolute Gasteiger partial charge is 0.341 e. The molecule has 2 aliphatic heterocycles. The Labute approximate surface area is 150 Å². The Hall–Kier alpha value is -1.44. The van der Waals surface area contributed by atoms with E-state index in [4.69, 9.17) is 0 Å². The quantitative estimate of drug-likeness (QED) is 0.846. The number of likely N-dealkylation sites (tertiary alicyclic amines) is 2. The molecule has 1 N–H and O–H groups in total. The Bertz CT molecular complexity index is 685. The highest BCUT2D eigenvalue weighted by molar-refractivity contribution is 7.88. The molecular weight excluding hydrogens is 338 g/mol. The third-order valence-electron chi connectivity index (χ3n) is 5.13. The fourth-order valence-electron chi connectivity index (χ4n) is 3.81. The third-order valence-corrected chi connectivity index (χ3v) is 5.89. The highest BCUT2D eigenvalue weighted by Crippen LogP contribution is 2.26. The van der Waals surface area contributed by atoms with Crippen molar-refractivity contribution >= 4 is 15.9 Å². The molecule has 3 rings (SSSR count).